The van der Waals surface area contributed by atoms with E-state index < -0.39 is 0 Å². The summed E-state index contributed by atoms with van der Waals surface area (Å²) in [7, 11) is 0. The summed E-state index contributed by atoms with van der Waals surface area (Å²) < 4.78 is 10.6. The first-order valence-electron chi connectivity index (χ1n) is 7.93. The average molecular weight is 287 g/mol. The lowest BCUT2D eigenvalue weighted by atomic mass is 9.86. The minimum Gasteiger partial charge on any atom is -0.454 e. The number of rotatable bonds is 4. The zero-order chi connectivity index (χ0) is 14.2. The van der Waals surface area contributed by atoms with Crippen LogP contribution in [0, 0.1) is 17.8 Å². The Morgan fingerprint density at radius 1 is 1.19 bits per heavy atom. The summed E-state index contributed by atoms with van der Waals surface area (Å²) in [6.45, 7) is 0.853. The summed E-state index contributed by atoms with van der Waals surface area (Å²) in [5.74, 6) is 4.08. The van der Waals surface area contributed by atoms with Gasteiger partial charge in [-0.25, -0.2) is 0 Å². The van der Waals surface area contributed by atoms with Crippen LogP contribution in [0.4, 0.5) is 0 Å². The fourth-order valence-corrected chi connectivity index (χ4v) is 4.19. The lowest BCUT2D eigenvalue weighted by Gasteiger charge is -2.20. The fourth-order valence-electron chi connectivity index (χ4n) is 4.19. The van der Waals surface area contributed by atoms with Gasteiger partial charge in [-0.2, -0.15) is 0 Å². The third-order valence-corrected chi connectivity index (χ3v) is 5.26. The molecule has 2 fully saturated rings. The van der Waals surface area contributed by atoms with Gasteiger partial charge in [0, 0.05) is 13.0 Å². The van der Waals surface area contributed by atoms with Crippen molar-refractivity contribution in [3.05, 3.63) is 23.8 Å². The number of fused-ring (bicyclic) bond motifs is 3. The molecule has 1 aromatic carbocycles. The van der Waals surface area contributed by atoms with Crippen molar-refractivity contribution in [2.24, 2.45) is 17.8 Å². The number of hydrogen-bond donors (Lipinski definition) is 1. The lowest BCUT2D eigenvalue weighted by molar-refractivity contribution is -0.122. The van der Waals surface area contributed by atoms with Crippen molar-refractivity contribution in [2.75, 3.05) is 6.79 Å². The first kappa shape index (κ1) is 13.0. The zero-order valence-corrected chi connectivity index (χ0v) is 12.1. The van der Waals surface area contributed by atoms with Gasteiger partial charge in [-0.05, 0) is 54.7 Å². The Kier molecular flexibility index (Phi) is 3.24. The minimum absolute atomic E-state index is 0.185. The van der Waals surface area contributed by atoms with E-state index in [1.54, 1.807) is 0 Å². The molecule has 1 amide bonds. The van der Waals surface area contributed by atoms with Crippen molar-refractivity contribution in [1.29, 1.82) is 0 Å². The molecule has 0 saturated heterocycles. The van der Waals surface area contributed by atoms with Gasteiger partial charge in [0.15, 0.2) is 11.5 Å². The molecule has 2 bridgehead atoms. The van der Waals surface area contributed by atoms with Crippen LogP contribution in [0.5, 0.6) is 11.5 Å². The molecule has 4 heteroatoms. The Bertz CT molecular complexity index is 557. The number of carbonyl (C=O) groups is 1. The highest BCUT2D eigenvalue weighted by molar-refractivity contribution is 5.76. The Morgan fingerprint density at radius 3 is 2.90 bits per heavy atom. The molecule has 1 N–H and O–H groups in total. The molecule has 0 spiro atoms. The van der Waals surface area contributed by atoms with E-state index >= 15 is 0 Å². The molecule has 1 aliphatic heterocycles. The first-order valence-corrected chi connectivity index (χ1v) is 7.93. The van der Waals surface area contributed by atoms with Crippen molar-refractivity contribution in [1.82, 2.24) is 5.32 Å². The SMILES string of the molecule is O=C(C[C@@H]1C[C@H]2CC[C@@H]1C2)NCc1ccc2c(c1)OCO2. The molecule has 21 heavy (non-hydrogen) atoms. The molecular formula is C17H21NO3. The second-order valence-corrected chi connectivity index (χ2v) is 6.60. The van der Waals surface area contributed by atoms with Crippen LogP contribution >= 0.6 is 0 Å². The van der Waals surface area contributed by atoms with Crippen molar-refractivity contribution in [3.63, 3.8) is 0 Å². The maximum absolute atomic E-state index is 12.1. The Hall–Kier alpha value is -1.71. The standard InChI is InChI=1S/C17H21NO3/c19-17(8-14-6-11-1-3-13(14)5-11)18-9-12-2-4-15-16(7-12)21-10-20-15/h2,4,7,11,13-14H,1,3,5-6,8-10H2,(H,18,19)/t11-,13+,14-/m0/s1. The summed E-state index contributed by atoms with van der Waals surface area (Å²) in [6.07, 6.45) is 6.05. The number of ether oxygens (including phenoxy) is 2. The van der Waals surface area contributed by atoms with E-state index in [-0.39, 0.29) is 12.7 Å². The van der Waals surface area contributed by atoms with E-state index in [4.69, 9.17) is 9.47 Å². The minimum atomic E-state index is 0.185. The van der Waals surface area contributed by atoms with Crippen LogP contribution in [0.1, 0.15) is 37.7 Å². The van der Waals surface area contributed by atoms with Crippen LogP contribution < -0.4 is 14.8 Å². The van der Waals surface area contributed by atoms with Crippen molar-refractivity contribution in [3.8, 4) is 11.5 Å². The van der Waals surface area contributed by atoms with Gasteiger partial charge >= 0.3 is 0 Å². The van der Waals surface area contributed by atoms with Gasteiger partial charge in [0.2, 0.25) is 12.7 Å². The van der Waals surface area contributed by atoms with E-state index in [0.29, 0.717) is 18.9 Å². The third kappa shape index (κ3) is 2.59. The van der Waals surface area contributed by atoms with E-state index in [2.05, 4.69) is 5.32 Å². The van der Waals surface area contributed by atoms with Crippen LogP contribution in [0.15, 0.2) is 18.2 Å². The molecule has 2 aliphatic carbocycles. The van der Waals surface area contributed by atoms with Gasteiger partial charge in [-0.1, -0.05) is 12.5 Å². The lowest BCUT2D eigenvalue weighted by Crippen LogP contribution is -2.26. The molecule has 0 unspecified atom stereocenters. The summed E-state index contributed by atoms with van der Waals surface area (Å²) in [4.78, 5) is 12.1. The summed E-state index contributed by atoms with van der Waals surface area (Å²) in [5.41, 5.74) is 1.06. The van der Waals surface area contributed by atoms with Crippen LogP contribution in [-0.4, -0.2) is 12.7 Å². The summed E-state index contributed by atoms with van der Waals surface area (Å²) in [6, 6.07) is 5.82. The fraction of sp³-hybridized carbons (Fsp3) is 0.588. The number of carbonyl (C=O) groups excluding carboxylic acids is 1. The van der Waals surface area contributed by atoms with E-state index in [9.17, 15) is 4.79 Å². The van der Waals surface area contributed by atoms with Crippen LogP contribution in [-0.2, 0) is 11.3 Å². The van der Waals surface area contributed by atoms with E-state index in [1.165, 1.54) is 25.7 Å². The molecule has 0 radical (unpaired) electrons. The van der Waals surface area contributed by atoms with Gasteiger partial charge in [-0.3, -0.25) is 4.79 Å². The van der Waals surface area contributed by atoms with Crippen molar-refractivity contribution < 1.29 is 14.3 Å². The highest BCUT2D eigenvalue weighted by Crippen LogP contribution is 2.49. The zero-order valence-electron chi connectivity index (χ0n) is 12.1. The highest BCUT2D eigenvalue weighted by Gasteiger charge is 2.39. The molecular weight excluding hydrogens is 266 g/mol. The number of nitrogens with one attached hydrogen (secondary N) is 1. The van der Waals surface area contributed by atoms with Crippen LogP contribution in [0.2, 0.25) is 0 Å². The first-order chi connectivity index (χ1) is 10.3. The quantitative estimate of drug-likeness (QED) is 0.926. The molecule has 1 aromatic rings. The molecule has 0 aromatic heterocycles. The van der Waals surface area contributed by atoms with Gasteiger partial charge in [0.05, 0.1) is 0 Å². The van der Waals surface area contributed by atoms with E-state index in [0.717, 1.165) is 28.9 Å². The molecule has 112 valence electrons. The predicted octanol–water partition coefficient (Wildman–Crippen LogP) is 2.86. The molecule has 3 aliphatic rings. The Balaban J connectivity index is 1.29. The second kappa shape index (κ2) is 5.24. The van der Waals surface area contributed by atoms with Crippen LogP contribution in [0.3, 0.4) is 0 Å². The number of hydrogen-bond acceptors (Lipinski definition) is 3. The highest BCUT2D eigenvalue weighted by atomic mass is 16.7. The number of benzene rings is 1. The molecule has 1 heterocycles. The normalized spacial score (nSPS) is 28.9. The van der Waals surface area contributed by atoms with Gasteiger partial charge in [0.25, 0.3) is 0 Å². The maximum atomic E-state index is 12.1. The summed E-state index contributed by atoms with van der Waals surface area (Å²) >= 11 is 0. The summed E-state index contributed by atoms with van der Waals surface area (Å²) in [5, 5.41) is 3.04. The molecule has 2 saturated carbocycles. The van der Waals surface area contributed by atoms with Gasteiger partial charge < -0.3 is 14.8 Å². The molecule has 4 nitrogen and oxygen atoms in total. The topological polar surface area (TPSA) is 47.6 Å². The molecule has 3 atom stereocenters. The van der Waals surface area contributed by atoms with Gasteiger partial charge in [0.1, 0.15) is 0 Å². The molecule has 4 rings (SSSR count). The third-order valence-electron chi connectivity index (χ3n) is 5.26. The second-order valence-electron chi connectivity index (χ2n) is 6.60. The Labute approximate surface area is 124 Å². The monoisotopic (exact) mass is 287 g/mol. The predicted molar refractivity (Wildman–Crippen MR) is 78.0 cm³/mol. The van der Waals surface area contributed by atoms with Crippen molar-refractivity contribution in [2.45, 2.75) is 38.6 Å². The van der Waals surface area contributed by atoms with Crippen LogP contribution in [0.25, 0.3) is 0 Å². The number of amides is 1. The smallest absolute Gasteiger partial charge is 0.231 e. The van der Waals surface area contributed by atoms with Crippen molar-refractivity contribution >= 4 is 5.91 Å². The van der Waals surface area contributed by atoms with E-state index in [1.807, 2.05) is 18.2 Å². The average Bonchev–Trinajstić information content (AvgIpc) is 3.20. The Morgan fingerprint density at radius 2 is 2.10 bits per heavy atom. The largest absolute Gasteiger partial charge is 0.454 e. The van der Waals surface area contributed by atoms with Gasteiger partial charge in [-0.15, -0.1) is 0 Å². The maximum Gasteiger partial charge on any atom is 0.231 e.